The van der Waals surface area contributed by atoms with Crippen molar-refractivity contribution in [3.8, 4) is 0 Å². The van der Waals surface area contributed by atoms with Crippen molar-refractivity contribution in [1.82, 2.24) is 10.2 Å². The van der Waals surface area contributed by atoms with Gasteiger partial charge in [-0.2, -0.15) is 0 Å². The summed E-state index contributed by atoms with van der Waals surface area (Å²) in [6.45, 7) is 2.24. The highest BCUT2D eigenvalue weighted by Crippen LogP contribution is 2.42. The van der Waals surface area contributed by atoms with E-state index in [2.05, 4.69) is 18.3 Å². The van der Waals surface area contributed by atoms with E-state index in [0.717, 1.165) is 12.8 Å². The summed E-state index contributed by atoms with van der Waals surface area (Å²) in [5.41, 5.74) is 1.20. The molecule has 1 saturated heterocycles. The minimum atomic E-state index is -0.0300. The predicted molar refractivity (Wildman–Crippen MR) is 77.1 cm³/mol. The summed E-state index contributed by atoms with van der Waals surface area (Å²) in [6.07, 6.45) is 2.14. The Kier molecular flexibility index (Phi) is 3.54. The van der Waals surface area contributed by atoms with Crippen LogP contribution in [0, 0.1) is 6.92 Å². The Morgan fingerprint density at radius 2 is 2.32 bits per heavy atom. The van der Waals surface area contributed by atoms with Gasteiger partial charge in [0.1, 0.15) is 11.9 Å². The van der Waals surface area contributed by atoms with Crippen LogP contribution in [0.2, 0.25) is 0 Å². The fourth-order valence-corrected chi connectivity index (χ4v) is 4.60. The zero-order valence-corrected chi connectivity index (χ0v) is 12.4. The third-order valence-corrected chi connectivity index (χ3v) is 5.79. The molecule has 1 aromatic heterocycles. The number of rotatable bonds is 4. The molecule has 2 heterocycles. The Morgan fingerprint density at radius 3 is 2.95 bits per heavy atom. The molecule has 19 heavy (non-hydrogen) atoms. The molecule has 1 saturated carbocycles. The van der Waals surface area contributed by atoms with E-state index in [1.54, 1.807) is 28.0 Å². The summed E-state index contributed by atoms with van der Waals surface area (Å²) in [5.74, 6) is 0.505. The van der Waals surface area contributed by atoms with Crippen LogP contribution in [-0.4, -0.2) is 35.1 Å². The van der Waals surface area contributed by atoms with Gasteiger partial charge < -0.3 is 10.2 Å². The van der Waals surface area contributed by atoms with Crippen LogP contribution in [-0.2, 0) is 9.59 Å². The number of nitrogens with one attached hydrogen (secondary N) is 1. The normalized spacial score (nSPS) is 22.9. The molecule has 0 aromatic carbocycles. The van der Waals surface area contributed by atoms with Gasteiger partial charge in [-0.3, -0.25) is 9.59 Å². The van der Waals surface area contributed by atoms with Gasteiger partial charge >= 0.3 is 0 Å². The molecule has 6 heteroatoms. The predicted octanol–water partition coefficient (Wildman–Crippen LogP) is 1.91. The number of hydrogen-bond acceptors (Lipinski definition) is 4. The molecule has 1 unspecified atom stereocenters. The fourth-order valence-electron chi connectivity index (χ4n) is 2.14. The molecule has 1 aliphatic carbocycles. The van der Waals surface area contributed by atoms with Crippen LogP contribution in [0.4, 0.5) is 0 Å². The maximum atomic E-state index is 12.0. The number of carbonyl (C=O) groups is 2. The van der Waals surface area contributed by atoms with Gasteiger partial charge in [0.15, 0.2) is 0 Å². The first-order valence-corrected chi connectivity index (χ1v) is 8.32. The van der Waals surface area contributed by atoms with Crippen molar-refractivity contribution in [2.24, 2.45) is 0 Å². The van der Waals surface area contributed by atoms with Crippen LogP contribution < -0.4 is 5.32 Å². The van der Waals surface area contributed by atoms with Crippen LogP contribution in [0.15, 0.2) is 11.4 Å². The lowest BCUT2D eigenvalue weighted by molar-refractivity contribution is -0.133. The van der Waals surface area contributed by atoms with Gasteiger partial charge in [0.2, 0.25) is 11.8 Å². The Morgan fingerprint density at radius 1 is 1.53 bits per heavy atom. The molecule has 4 nitrogen and oxygen atoms in total. The van der Waals surface area contributed by atoms with Gasteiger partial charge in [-0.1, -0.05) is 0 Å². The number of thiophene rings is 1. The molecule has 2 amide bonds. The third-order valence-electron chi connectivity index (χ3n) is 3.35. The lowest BCUT2D eigenvalue weighted by Gasteiger charge is -2.23. The van der Waals surface area contributed by atoms with Gasteiger partial charge in [0, 0.05) is 10.9 Å². The Hall–Kier alpha value is -1.01. The van der Waals surface area contributed by atoms with Crippen LogP contribution in [0.5, 0.6) is 0 Å². The maximum Gasteiger partial charge on any atom is 0.239 e. The first kappa shape index (κ1) is 13.0. The van der Waals surface area contributed by atoms with Crippen molar-refractivity contribution in [3.05, 3.63) is 21.9 Å². The molecular weight excluding hydrogens is 280 g/mol. The topological polar surface area (TPSA) is 49.4 Å². The standard InChI is InChI=1S/C13H16N2O2S2/c1-8-4-5-18-12(8)13-15(11(17)7-19-13)6-10(16)14-9-2-3-9/h4-5,9,13H,2-3,6-7H2,1H3,(H,14,16). The molecule has 1 aromatic rings. The van der Waals surface area contributed by atoms with Crippen molar-refractivity contribution in [2.45, 2.75) is 31.2 Å². The fraction of sp³-hybridized carbons (Fsp3) is 0.538. The molecule has 102 valence electrons. The molecule has 1 aliphatic heterocycles. The highest BCUT2D eigenvalue weighted by Gasteiger charge is 2.36. The SMILES string of the molecule is Cc1ccsc1C1SCC(=O)N1CC(=O)NC1CC1. The summed E-state index contributed by atoms with van der Waals surface area (Å²) in [6, 6.07) is 2.41. The molecule has 0 bridgehead atoms. The molecule has 3 rings (SSSR count). The summed E-state index contributed by atoms with van der Waals surface area (Å²) >= 11 is 3.27. The molecule has 2 aliphatic rings. The van der Waals surface area contributed by atoms with Crippen LogP contribution in [0.25, 0.3) is 0 Å². The molecule has 1 N–H and O–H groups in total. The van der Waals surface area contributed by atoms with Crippen LogP contribution in [0.1, 0.15) is 28.7 Å². The minimum absolute atomic E-state index is 0.0115. The smallest absolute Gasteiger partial charge is 0.239 e. The van der Waals surface area contributed by atoms with Crippen molar-refractivity contribution < 1.29 is 9.59 Å². The Bertz CT molecular complexity index is 510. The van der Waals surface area contributed by atoms with Crippen LogP contribution in [0.3, 0.4) is 0 Å². The van der Waals surface area contributed by atoms with E-state index < -0.39 is 0 Å². The highest BCUT2D eigenvalue weighted by atomic mass is 32.2. The Balaban J connectivity index is 1.71. The molecular formula is C13H16N2O2S2. The lowest BCUT2D eigenvalue weighted by atomic mass is 10.2. The summed E-state index contributed by atoms with van der Waals surface area (Å²) in [5, 5.41) is 4.99. The van der Waals surface area contributed by atoms with Crippen LogP contribution >= 0.6 is 23.1 Å². The number of carbonyl (C=O) groups excluding carboxylic acids is 2. The monoisotopic (exact) mass is 296 g/mol. The van der Waals surface area contributed by atoms with Gasteiger partial charge in [0.05, 0.1) is 5.75 Å². The zero-order valence-electron chi connectivity index (χ0n) is 10.7. The van der Waals surface area contributed by atoms with E-state index in [4.69, 9.17) is 0 Å². The maximum absolute atomic E-state index is 12.0. The number of amides is 2. The Labute approximate surface area is 120 Å². The van der Waals surface area contributed by atoms with E-state index in [1.165, 1.54) is 10.4 Å². The summed E-state index contributed by atoms with van der Waals surface area (Å²) < 4.78 is 0. The van der Waals surface area contributed by atoms with E-state index in [1.807, 2.05) is 5.38 Å². The van der Waals surface area contributed by atoms with Gasteiger partial charge in [-0.05, 0) is 36.8 Å². The lowest BCUT2D eigenvalue weighted by Crippen LogP contribution is -2.40. The van der Waals surface area contributed by atoms with E-state index >= 15 is 0 Å². The second kappa shape index (κ2) is 5.17. The first-order chi connectivity index (χ1) is 9.15. The molecule has 0 spiro atoms. The number of aryl methyl sites for hydroxylation is 1. The number of thioether (sulfide) groups is 1. The van der Waals surface area contributed by atoms with Crippen molar-refractivity contribution in [2.75, 3.05) is 12.3 Å². The van der Waals surface area contributed by atoms with E-state index in [9.17, 15) is 9.59 Å². The number of nitrogens with zero attached hydrogens (tertiary/aromatic N) is 1. The summed E-state index contributed by atoms with van der Waals surface area (Å²) in [7, 11) is 0. The zero-order chi connectivity index (χ0) is 13.4. The average molecular weight is 296 g/mol. The molecule has 2 fully saturated rings. The van der Waals surface area contributed by atoms with Crippen molar-refractivity contribution in [1.29, 1.82) is 0 Å². The largest absolute Gasteiger partial charge is 0.352 e. The van der Waals surface area contributed by atoms with E-state index in [-0.39, 0.29) is 23.7 Å². The second-order valence-electron chi connectivity index (χ2n) is 4.99. The first-order valence-electron chi connectivity index (χ1n) is 6.39. The highest BCUT2D eigenvalue weighted by molar-refractivity contribution is 8.00. The number of hydrogen-bond donors (Lipinski definition) is 1. The van der Waals surface area contributed by atoms with Gasteiger partial charge in [-0.25, -0.2) is 0 Å². The van der Waals surface area contributed by atoms with Crippen molar-refractivity contribution in [3.63, 3.8) is 0 Å². The van der Waals surface area contributed by atoms with Gasteiger partial charge in [-0.15, -0.1) is 23.1 Å². The molecule has 0 radical (unpaired) electrons. The van der Waals surface area contributed by atoms with Gasteiger partial charge in [0.25, 0.3) is 0 Å². The average Bonchev–Trinajstić information content (AvgIpc) is 2.97. The quantitative estimate of drug-likeness (QED) is 0.923. The van der Waals surface area contributed by atoms with Crippen molar-refractivity contribution >= 4 is 34.9 Å². The second-order valence-corrected chi connectivity index (χ2v) is 7.01. The summed E-state index contributed by atoms with van der Waals surface area (Å²) in [4.78, 5) is 26.7. The minimum Gasteiger partial charge on any atom is -0.352 e. The third kappa shape index (κ3) is 2.79. The molecule has 1 atom stereocenters. The van der Waals surface area contributed by atoms with E-state index in [0.29, 0.717) is 11.8 Å².